The van der Waals surface area contributed by atoms with Crippen molar-refractivity contribution in [1.82, 2.24) is 0 Å². The molecular weight excluding hydrogens is 230 g/mol. The van der Waals surface area contributed by atoms with Gasteiger partial charge in [-0.1, -0.05) is 18.2 Å². The Labute approximate surface area is 106 Å². The van der Waals surface area contributed by atoms with Gasteiger partial charge in [0.2, 0.25) is 5.91 Å². The molecule has 0 N–H and O–H groups in total. The summed E-state index contributed by atoms with van der Waals surface area (Å²) in [4.78, 5) is 26.0. The second-order valence-corrected chi connectivity index (χ2v) is 4.82. The highest BCUT2D eigenvalue weighted by atomic mass is 16.5. The number of esters is 1. The van der Waals surface area contributed by atoms with Crippen molar-refractivity contribution in [3.8, 4) is 0 Å². The number of likely N-dealkylation sites (N-methyl/N-ethyl adjacent to an activating group) is 1. The maximum Gasteiger partial charge on any atom is 0.310 e. The fourth-order valence-electron chi connectivity index (χ4n) is 3.09. The monoisotopic (exact) mass is 245 g/mol. The number of fused-ring (bicyclic) bond motifs is 2. The molecule has 94 valence electrons. The van der Waals surface area contributed by atoms with Crippen LogP contribution in [0, 0.1) is 5.92 Å². The van der Waals surface area contributed by atoms with Crippen LogP contribution < -0.4 is 4.90 Å². The van der Waals surface area contributed by atoms with Crippen LogP contribution in [0.15, 0.2) is 24.3 Å². The summed E-state index contributed by atoms with van der Waals surface area (Å²) in [5, 5.41) is 0. The molecule has 1 fully saturated rings. The van der Waals surface area contributed by atoms with E-state index in [2.05, 4.69) is 0 Å². The number of rotatable bonds is 2. The van der Waals surface area contributed by atoms with Crippen molar-refractivity contribution in [3.63, 3.8) is 0 Å². The number of nitrogens with zero attached hydrogens (tertiary/aromatic N) is 1. The Kier molecular flexibility index (Phi) is 2.24. The third kappa shape index (κ3) is 1.15. The molecule has 0 radical (unpaired) electrons. The summed E-state index contributed by atoms with van der Waals surface area (Å²) < 4.78 is 4.78. The molecule has 0 bridgehead atoms. The van der Waals surface area contributed by atoms with E-state index in [1.165, 1.54) is 7.11 Å². The quantitative estimate of drug-likeness (QED) is 0.741. The predicted octanol–water partition coefficient (Wildman–Crippen LogP) is 1.48. The first-order chi connectivity index (χ1) is 8.66. The molecule has 1 aliphatic heterocycles. The van der Waals surface area contributed by atoms with Crippen molar-refractivity contribution < 1.29 is 14.3 Å². The van der Waals surface area contributed by atoms with Gasteiger partial charge < -0.3 is 9.64 Å². The molecule has 0 aromatic heterocycles. The standard InChI is InChI=1S/C14H15NO3/c1-3-15-11-7-5-4-6-9(11)14(13(15)17)8-10(14)12(16)18-2/h4-7,10H,3,8H2,1-2H3. The van der Waals surface area contributed by atoms with Crippen molar-refractivity contribution in [2.45, 2.75) is 18.8 Å². The van der Waals surface area contributed by atoms with Gasteiger partial charge >= 0.3 is 5.97 Å². The molecule has 0 saturated heterocycles. The highest BCUT2D eigenvalue weighted by Gasteiger charge is 2.69. The minimum absolute atomic E-state index is 0.0431. The van der Waals surface area contributed by atoms with Crippen molar-refractivity contribution in [1.29, 1.82) is 0 Å². The number of amides is 1. The Bertz CT molecular complexity index is 540. The number of carbonyl (C=O) groups excluding carboxylic acids is 2. The van der Waals surface area contributed by atoms with E-state index in [4.69, 9.17) is 4.74 Å². The van der Waals surface area contributed by atoms with Gasteiger partial charge in [-0.2, -0.15) is 0 Å². The van der Waals surface area contributed by atoms with E-state index in [9.17, 15) is 9.59 Å². The van der Waals surface area contributed by atoms with Crippen LogP contribution in [0.1, 0.15) is 18.9 Å². The lowest BCUT2D eigenvalue weighted by Gasteiger charge is -2.15. The molecule has 3 rings (SSSR count). The SMILES string of the molecule is CCN1C(=O)C2(CC2C(=O)OC)c2ccccc21. The molecule has 2 aliphatic rings. The van der Waals surface area contributed by atoms with Crippen LogP contribution in [0.3, 0.4) is 0 Å². The summed E-state index contributed by atoms with van der Waals surface area (Å²) in [7, 11) is 1.37. The van der Waals surface area contributed by atoms with Gasteiger partial charge in [-0.25, -0.2) is 0 Å². The smallest absolute Gasteiger partial charge is 0.310 e. The Balaban J connectivity index is 2.09. The maximum absolute atomic E-state index is 12.5. The highest BCUT2D eigenvalue weighted by molar-refractivity contribution is 6.13. The Morgan fingerprint density at radius 3 is 2.89 bits per heavy atom. The molecule has 4 nitrogen and oxygen atoms in total. The van der Waals surface area contributed by atoms with Gasteiger partial charge in [-0.15, -0.1) is 0 Å². The molecular formula is C14H15NO3. The Hall–Kier alpha value is -1.84. The van der Waals surface area contributed by atoms with E-state index in [0.717, 1.165) is 11.3 Å². The summed E-state index contributed by atoms with van der Waals surface area (Å²) in [6.07, 6.45) is 0.575. The number of benzene rings is 1. The summed E-state index contributed by atoms with van der Waals surface area (Å²) in [5.74, 6) is -0.551. The molecule has 1 aromatic carbocycles. The van der Waals surface area contributed by atoms with Gasteiger partial charge in [-0.3, -0.25) is 9.59 Å². The van der Waals surface area contributed by atoms with Gasteiger partial charge in [0.1, 0.15) is 0 Å². The zero-order valence-corrected chi connectivity index (χ0v) is 10.5. The number of carbonyl (C=O) groups is 2. The van der Waals surface area contributed by atoms with Gasteiger partial charge in [0, 0.05) is 12.2 Å². The van der Waals surface area contributed by atoms with Crippen molar-refractivity contribution in [2.75, 3.05) is 18.6 Å². The second-order valence-electron chi connectivity index (χ2n) is 4.82. The third-order valence-electron chi connectivity index (χ3n) is 4.07. The zero-order valence-electron chi connectivity index (χ0n) is 10.5. The third-order valence-corrected chi connectivity index (χ3v) is 4.07. The van der Waals surface area contributed by atoms with Gasteiger partial charge in [0.05, 0.1) is 18.4 Å². The van der Waals surface area contributed by atoms with E-state index < -0.39 is 5.41 Å². The van der Waals surface area contributed by atoms with Crippen LogP contribution in [0.2, 0.25) is 0 Å². The average Bonchev–Trinajstić information content (AvgIpc) is 3.10. The number of methoxy groups -OCH3 is 1. The van der Waals surface area contributed by atoms with Gasteiger partial charge in [0.25, 0.3) is 0 Å². The van der Waals surface area contributed by atoms with E-state index in [0.29, 0.717) is 13.0 Å². The first kappa shape index (κ1) is 11.3. The molecule has 4 heteroatoms. The number of para-hydroxylation sites is 1. The first-order valence-electron chi connectivity index (χ1n) is 6.16. The van der Waals surface area contributed by atoms with Crippen molar-refractivity contribution in [3.05, 3.63) is 29.8 Å². The van der Waals surface area contributed by atoms with Crippen molar-refractivity contribution >= 4 is 17.6 Å². The Morgan fingerprint density at radius 1 is 1.50 bits per heavy atom. The van der Waals surface area contributed by atoms with Crippen LogP contribution in [-0.2, 0) is 19.7 Å². The number of hydrogen-bond acceptors (Lipinski definition) is 3. The lowest BCUT2D eigenvalue weighted by atomic mass is 9.95. The van der Waals surface area contributed by atoms with Crippen LogP contribution in [0.25, 0.3) is 0 Å². The van der Waals surface area contributed by atoms with Crippen LogP contribution >= 0.6 is 0 Å². The van der Waals surface area contributed by atoms with E-state index >= 15 is 0 Å². The fraction of sp³-hybridized carbons (Fsp3) is 0.429. The minimum atomic E-state index is -0.639. The fourth-order valence-corrected chi connectivity index (χ4v) is 3.09. The number of anilines is 1. The lowest BCUT2D eigenvalue weighted by Crippen LogP contribution is -2.33. The average molecular weight is 245 g/mol. The molecule has 1 saturated carbocycles. The number of ether oxygens (including phenoxy) is 1. The molecule has 2 atom stereocenters. The highest BCUT2D eigenvalue weighted by Crippen LogP contribution is 2.61. The largest absolute Gasteiger partial charge is 0.469 e. The topological polar surface area (TPSA) is 46.6 Å². The summed E-state index contributed by atoms with van der Waals surface area (Å²) in [6.45, 7) is 2.58. The molecule has 1 aromatic rings. The number of hydrogen-bond donors (Lipinski definition) is 0. The molecule has 1 spiro atoms. The van der Waals surface area contributed by atoms with Crippen LogP contribution in [0.4, 0.5) is 5.69 Å². The molecule has 18 heavy (non-hydrogen) atoms. The minimum Gasteiger partial charge on any atom is -0.469 e. The van der Waals surface area contributed by atoms with Crippen LogP contribution in [0.5, 0.6) is 0 Å². The summed E-state index contributed by atoms with van der Waals surface area (Å²) in [6, 6.07) is 7.73. The second kappa shape index (κ2) is 3.57. The molecule has 1 amide bonds. The normalized spacial score (nSPS) is 28.4. The summed E-state index contributed by atoms with van der Waals surface area (Å²) in [5.41, 5.74) is 1.28. The molecule has 1 heterocycles. The Morgan fingerprint density at radius 2 is 2.22 bits per heavy atom. The van der Waals surface area contributed by atoms with E-state index in [-0.39, 0.29) is 17.8 Å². The first-order valence-corrected chi connectivity index (χ1v) is 6.16. The van der Waals surface area contributed by atoms with Crippen molar-refractivity contribution in [2.24, 2.45) is 5.92 Å². The molecule has 2 unspecified atom stereocenters. The van der Waals surface area contributed by atoms with Crippen LogP contribution in [-0.4, -0.2) is 25.5 Å². The predicted molar refractivity (Wildman–Crippen MR) is 66.3 cm³/mol. The van der Waals surface area contributed by atoms with E-state index in [1.54, 1.807) is 4.90 Å². The van der Waals surface area contributed by atoms with E-state index in [1.807, 2.05) is 31.2 Å². The zero-order chi connectivity index (χ0) is 12.9. The summed E-state index contributed by atoms with van der Waals surface area (Å²) >= 11 is 0. The maximum atomic E-state index is 12.5. The van der Waals surface area contributed by atoms with Gasteiger partial charge in [0.15, 0.2) is 0 Å². The lowest BCUT2D eigenvalue weighted by molar-refractivity contribution is -0.143. The van der Waals surface area contributed by atoms with Gasteiger partial charge in [-0.05, 0) is 25.0 Å². The molecule has 1 aliphatic carbocycles.